The van der Waals surface area contributed by atoms with Crippen LogP contribution in [0.15, 0.2) is 46.9 Å². The van der Waals surface area contributed by atoms with Gasteiger partial charge in [0.05, 0.1) is 6.07 Å². The Bertz CT molecular complexity index is 779. The van der Waals surface area contributed by atoms with Crippen LogP contribution in [0.1, 0.15) is 22.3 Å². The first-order valence-corrected chi connectivity index (χ1v) is 7.63. The number of hydrogen-bond donors (Lipinski definition) is 2. The standard InChI is InChI=1S/C17H14BrN3O2/c1-11-10-13(18)4-7-15(11)21-17(23)12-2-5-14(6-3-12)20-16(22)8-9-19/h2-7,10H,8H2,1H3,(H,20,22)(H,21,23). The fourth-order valence-corrected chi connectivity index (χ4v) is 2.42. The molecule has 0 fully saturated rings. The third kappa shape index (κ3) is 4.66. The number of nitriles is 1. The number of benzene rings is 2. The molecule has 0 unspecified atom stereocenters. The predicted octanol–water partition coefficient (Wildman–Crippen LogP) is 3.86. The molecule has 2 aromatic rings. The molecule has 23 heavy (non-hydrogen) atoms. The molecule has 116 valence electrons. The van der Waals surface area contributed by atoms with Gasteiger partial charge in [-0.3, -0.25) is 9.59 Å². The van der Waals surface area contributed by atoms with E-state index < -0.39 is 0 Å². The van der Waals surface area contributed by atoms with Crippen molar-refractivity contribution in [3.63, 3.8) is 0 Å². The minimum Gasteiger partial charge on any atom is -0.325 e. The van der Waals surface area contributed by atoms with Crippen LogP contribution in [0.3, 0.4) is 0 Å². The van der Waals surface area contributed by atoms with Crippen LogP contribution >= 0.6 is 15.9 Å². The Morgan fingerprint density at radius 3 is 2.43 bits per heavy atom. The fourth-order valence-electron chi connectivity index (χ4n) is 1.94. The molecule has 0 aromatic heterocycles. The van der Waals surface area contributed by atoms with Gasteiger partial charge in [-0.05, 0) is 55.0 Å². The Kier molecular flexibility index (Phi) is 5.50. The van der Waals surface area contributed by atoms with Gasteiger partial charge in [-0.25, -0.2) is 0 Å². The summed E-state index contributed by atoms with van der Waals surface area (Å²) in [6, 6.07) is 13.9. The minimum atomic E-state index is -0.379. The zero-order valence-corrected chi connectivity index (χ0v) is 14.0. The van der Waals surface area contributed by atoms with Gasteiger partial charge in [-0.15, -0.1) is 0 Å². The summed E-state index contributed by atoms with van der Waals surface area (Å²) < 4.78 is 0.950. The maximum Gasteiger partial charge on any atom is 0.255 e. The molecule has 0 atom stereocenters. The van der Waals surface area contributed by atoms with Gasteiger partial charge < -0.3 is 10.6 Å². The van der Waals surface area contributed by atoms with Crippen molar-refractivity contribution >= 4 is 39.1 Å². The lowest BCUT2D eigenvalue weighted by Crippen LogP contribution is -2.13. The highest BCUT2D eigenvalue weighted by Crippen LogP contribution is 2.21. The average Bonchev–Trinajstić information content (AvgIpc) is 2.51. The molecule has 6 heteroatoms. The number of hydrogen-bond acceptors (Lipinski definition) is 3. The lowest BCUT2D eigenvalue weighted by atomic mass is 10.1. The van der Waals surface area contributed by atoms with Gasteiger partial charge in [0, 0.05) is 21.4 Å². The largest absolute Gasteiger partial charge is 0.325 e. The molecule has 0 bridgehead atoms. The number of nitrogens with zero attached hydrogens (tertiary/aromatic N) is 1. The summed E-state index contributed by atoms with van der Waals surface area (Å²) in [5.74, 6) is -0.611. The first-order valence-electron chi connectivity index (χ1n) is 6.84. The van der Waals surface area contributed by atoms with Gasteiger partial charge in [0.2, 0.25) is 5.91 Å². The summed E-state index contributed by atoms with van der Waals surface area (Å²) in [7, 11) is 0. The monoisotopic (exact) mass is 371 g/mol. The van der Waals surface area contributed by atoms with Crippen LogP contribution in [0.5, 0.6) is 0 Å². The smallest absolute Gasteiger partial charge is 0.255 e. The molecule has 0 saturated carbocycles. The molecule has 0 saturated heterocycles. The highest BCUT2D eigenvalue weighted by atomic mass is 79.9. The third-order valence-electron chi connectivity index (χ3n) is 3.11. The summed E-state index contributed by atoms with van der Waals surface area (Å²) in [5.41, 5.74) is 2.71. The second-order valence-electron chi connectivity index (χ2n) is 4.87. The first-order chi connectivity index (χ1) is 11.0. The van der Waals surface area contributed by atoms with E-state index in [0.717, 1.165) is 15.7 Å². The maximum absolute atomic E-state index is 12.2. The van der Waals surface area contributed by atoms with Crippen LogP contribution in [0, 0.1) is 18.3 Å². The Morgan fingerprint density at radius 1 is 1.13 bits per heavy atom. The topological polar surface area (TPSA) is 82.0 Å². The van der Waals surface area contributed by atoms with E-state index in [9.17, 15) is 9.59 Å². The van der Waals surface area contributed by atoms with E-state index in [1.165, 1.54) is 0 Å². The molecule has 0 radical (unpaired) electrons. The van der Waals surface area contributed by atoms with Crippen LogP contribution in [0.25, 0.3) is 0 Å². The lowest BCUT2D eigenvalue weighted by Gasteiger charge is -2.09. The van der Waals surface area contributed by atoms with Gasteiger partial charge in [0.15, 0.2) is 0 Å². The van der Waals surface area contributed by atoms with Gasteiger partial charge in [-0.1, -0.05) is 15.9 Å². The van der Waals surface area contributed by atoms with E-state index in [-0.39, 0.29) is 18.2 Å². The summed E-state index contributed by atoms with van der Waals surface area (Å²) in [5, 5.41) is 13.9. The van der Waals surface area contributed by atoms with Crippen molar-refractivity contribution in [1.82, 2.24) is 0 Å². The molecule has 0 aliphatic carbocycles. The normalized spacial score (nSPS) is 9.78. The fraction of sp³-hybridized carbons (Fsp3) is 0.118. The molecule has 0 heterocycles. The number of nitrogens with one attached hydrogen (secondary N) is 2. The lowest BCUT2D eigenvalue weighted by molar-refractivity contribution is -0.115. The van der Waals surface area contributed by atoms with E-state index >= 15 is 0 Å². The van der Waals surface area contributed by atoms with E-state index in [2.05, 4.69) is 26.6 Å². The van der Waals surface area contributed by atoms with Gasteiger partial charge in [0.25, 0.3) is 5.91 Å². The molecule has 0 aliphatic heterocycles. The highest BCUT2D eigenvalue weighted by molar-refractivity contribution is 9.10. The molecule has 5 nitrogen and oxygen atoms in total. The van der Waals surface area contributed by atoms with E-state index in [4.69, 9.17) is 5.26 Å². The van der Waals surface area contributed by atoms with Crippen molar-refractivity contribution in [2.45, 2.75) is 13.3 Å². The molecule has 2 rings (SSSR count). The number of carbonyl (C=O) groups excluding carboxylic acids is 2. The number of aryl methyl sites for hydroxylation is 1. The molecule has 2 amide bonds. The Hall–Kier alpha value is -2.65. The molecular weight excluding hydrogens is 358 g/mol. The van der Waals surface area contributed by atoms with Crippen LogP contribution in [0.4, 0.5) is 11.4 Å². The number of carbonyl (C=O) groups is 2. The Balaban J connectivity index is 2.05. The summed E-state index contributed by atoms with van der Waals surface area (Å²) in [6.07, 6.45) is -0.203. The summed E-state index contributed by atoms with van der Waals surface area (Å²) >= 11 is 3.38. The number of rotatable bonds is 4. The minimum absolute atomic E-state index is 0.203. The quantitative estimate of drug-likeness (QED) is 0.855. The zero-order valence-electron chi connectivity index (χ0n) is 12.4. The summed E-state index contributed by atoms with van der Waals surface area (Å²) in [6.45, 7) is 1.91. The van der Waals surface area contributed by atoms with Crippen LogP contribution in [-0.4, -0.2) is 11.8 Å². The van der Waals surface area contributed by atoms with Crippen molar-refractivity contribution in [2.75, 3.05) is 10.6 Å². The molecule has 2 N–H and O–H groups in total. The highest BCUT2D eigenvalue weighted by Gasteiger charge is 2.08. The van der Waals surface area contributed by atoms with Gasteiger partial charge in [-0.2, -0.15) is 5.26 Å². The van der Waals surface area contributed by atoms with Crippen molar-refractivity contribution in [1.29, 1.82) is 5.26 Å². The maximum atomic E-state index is 12.2. The SMILES string of the molecule is Cc1cc(Br)ccc1NC(=O)c1ccc(NC(=O)CC#N)cc1. The Labute approximate surface area is 142 Å². The van der Waals surface area contributed by atoms with Crippen molar-refractivity contribution in [3.8, 4) is 6.07 Å². The number of amides is 2. The van der Waals surface area contributed by atoms with Crippen LogP contribution in [-0.2, 0) is 4.79 Å². The molecule has 0 aliphatic rings. The first kappa shape index (κ1) is 16.7. The second kappa shape index (κ2) is 7.56. The van der Waals surface area contributed by atoms with Gasteiger partial charge in [0.1, 0.15) is 6.42 Å². The average molecular weight is 372 g/mol. The molecule has 2 aromatic carbocycles. The predicted molar refractivity (Wildman–Crippen MR) is 92.1 cm³/mol. The van der Waals surface area contributed by atoms with E-state index in [1.807, 2.05) is 25.1 Å². The Morgan fingerprint density at radius 2 is 1.83 bits per heavy atom. The van der Waals surface area contributed by atoms with Crippen molar-refractivity contribution < 1.29 is 9.59 Å². The molecule has 0 spiro atoms. The third-order valence-corrected chi connectivity index (χ3v) is 3.60. The van der Waals surface area contributed by atoms with Crippen molar-refractivity contribution in [3.05, 3.63) is 58.1 Å². The zero-order chi connectivity index (χ0) is 16.8. The van der Waals surface area contributed by atoms with Gasteiger partial charge >= 0.3 is 0 Å². The van der Waals surface area contributed by atoms with Crippen LogP contribution in [0.2, 0.25) is 0 Å². The number of anilines is 2. The van der Waals surface area contributed by atoms with E-state index in [0.29, 0.717) is 11.3 Å². The van der Waals surface area contributed by atoms with Crippen molar-refractivity contribution in [2.24, 2.45) is 0 Å². The molecular formula is C17H14BrN3O2. The van der Waals surface area contributed by atoms with Crippen LogP contribution < -0.4 is 10.6 Å². The number of halogens is 1. The van der Waals surface area contributed by atoms with E-state index in [1.54, 1.807) is 30.3 Å². The summed E-state index contributed by atoms with van der Waals surface area (Å²) in [4.78, 5) is 23.6. The second-order valence-corrected chi connectivity index (χ2v) is 5.79.